The Morgan fingerprint density at radius 1 is 1.18 bits per heavy atom. The van der Waals surface area contributed by atoms with Gasteiger partial charge in [0.15, 0.2) is 5.82 Å². The summed E-state index contributed by atoms with van der Waals surface area (Å²) >= 11 is 0. The van der Waals surface area contributed by atoms with Gasteiger partial charge in [0.25, 0.3) is 5.91 Å². The molecule has 0 bridgehead atoms. The van der Waals surface area contributed by atoms with E-state index < -0.39 is 0 Å². The minimum absolute atomic E-state index is 0.0212. The average molecular weight is 449 g/mol. The Hall–Kier alpha value is -3.13. The molecule has 33 heavy (non-hydrogen) atoms. The van der Waals surface area contributed by atoms with Crippen molar-refractivity contribution in [1.82, 2.24) is 15.2 Å². The molecule has 3 aliphatic rings. The van der Waals surface area contributed by atoms with E-state index in [0.29, 0.717) is 12.1 Å². The first-order valence-corrected chi connectivity index (χ1v) is 12.0. The molecule has 2 fully saturated rings. The molecule has 0 saturated carbocycles. The van der Waals surface area contributed by atoms with E-state index in [2.05, 4.69) is 44.4 Å². The number of hydrogen-bond donors (Lipinski definition) is 2. The Labute approximate surface area is 195 Å². The van der Waals surface area contributed by atoms with Gasteiger partial charge in [-0.05, 0) is 62.1 Å². The number of piperazine rings is 1. The summed E-state index contributed by atoms with van der Waals surface area (Å²) < 4.78 is 0. The van der Waals surface area contributed by atoms with Crippen LogP contribution in [0.5, 0.6) is 0 Å². The van der Waals surface area contributed by atoms with E-state index >= 15 is 0 Å². The molecule has 1 atom stereocenters. The van der Waals surface area contributed by atoms with E-state index in [-0.39, 0.29) is 17.9 Å². The quantitative estimate of drug-likeness (QED) is 0.731. The van der Waals surface area contributed by atoms with Crippen LogP contribution in [0.1, 0.15) is 41.3 Å². The van der Waals surface area contributed by atoms with E-state index in [0.717, 1.165) is 74.7 Å². The van der Waals surface area contributed by atoms with E-state index in [1.54, 1.807) is 0 Å². The molecule has 1 aromatic carbocycles. The zero-order valence-electron chi connectivity index (χ0n) is 19.4. The first kappa shape index (κ1) is 21.7. The highest BCUT2D eigenvalue weighted by Gasteiger charge is 2.37. The number of fused-ring (bicyclic) bond motifs is 3. The number of nitrogens with one attached hydrogen (secondary N) is 2. The normalized spacial score (nSPS) is 20.3. The van der Waals surface area contributed by atoms with E-state index in [4.69, 9.17) is 4.98 Å². The summed E-state index contributed by atoms with van der Waals surface area (Å²) in [4.78, 5) is 36.2. The molecular weight excluding hydrogens is 416 g/mol. The molecule has 8 nitrogen and oxygen atoms in total. The molecule has 0 aliphatic carbocycles. The molecule has 1 unspecified atom stereocenters. The van der Waals surface area contributed by atoms with Gasteiger partial charge in [-0.15, -0.1) is 0 Å². The second-order valence-corrected chi connectivity index (χ2v) is 9.18. The lowest BCUT2D eigenvalue weighted by Gasteiger charge is -2.37. The lowest BCUT2D eigenvalue weighted by molar-refractivity contribution is -0.117. The maximum Gasteiger partial charge on any atom is 0.251 e. The summed E-state index contributed by atoms with van der Waals surface area (Å²) in [7, 11) is 0. The molecule has 2 aromatic rings. The van der Waals surface area contributed by atoms with Crippen LogP contribution in [0.3, 0.4) is 0 Å². The molecule has 0 spiro atoms. The third-order valence-corrected chi connectivity index (χ3v) is 6.92. The summed E-state index contributed by atoms with van der Waals surface area (Å²) in [6, 6.07) is 7.99. The fourth-order valence-electron chi connectivity index (χ4n) is 5.24. The molecule has 3 aliphatic heterocycles. The predicted molar refractivity (Wildman–Crippen MR) is 130 cm³/mol. The zero-order chi connectivity index (χ0) is 22.9. The van der Waals surface area contributed by atoms with Crippen molar-refractivity contribution < 1.29 is 9.59 Å². The van der Waals surface area contributed by atoms with Gasteiger partial charge in [0, 0.05) is 63.3 Å². The van der Waals surface area contributed by atoms with Gasteiger partial charge in [-0.25, -0.2) is 4.98 Å². The smallest absolute Gasteiger partial charge is 0.251 e. The van der Waals surface area contributed by atoms with Gasteiger partial charge in [0.2, 0.25) is 5.91 Å². The minimum atomic E-state index is -0.0533. The van der Waals surface area contributed by atoms with Crippen molar-refractivity contribution in [2.45, 2.75) is 39.3 Å². The Morgan fingerprint density at radius 2 is 2.00 bits per heavy atom. The van der Waals surface area contributed by atoms with Crippen molar-refractivity contribution in [2.24, 2.45) is 0 Å². The van der Waals surface area contributed by atoms with Crippen LogP contribution in [0.15, 0.2) is 30.5 Å². The van der Waals surface area contributed by atoms with Crippen molar-refractivity contribution in [3.05, 3.63) is 47.2 Å². The summed E-state index contributed by atoms with van der Waals surface area (Å²) in [6.07, 6.45) is 3.91. The second-order valence-electron chi connectivity index (χ2n) is 9.18. The van der Waals surface area contributed by atoms with Crippen molar-refractivity contribution in [3.63, 3.8) is 0 Å². The van der Waals surface area contributed by atoms with Gasteiger partial charge in [0.1, 0.15) is 6.04 Å². The van der Waals surface area contributed by atoms with Crippen LogP contribution >= 0.6 is 0 Å². The molecule has 0 radical (unpaired) electrons. The van der Waals surface area contributed by atoms with Gasteiger partial charge in [0.05, 0.1) is 5.69 Å². The van der Waals surface area contributed by atoms with Crippen LogP contribution in [0, 0.1) is 6.92 Å². The maximum atomic E-state index is 12.4. The average Bonchev–Trinajstić information content (AvgIpc) is 3.31. The largest absolute Gasteiger partial charge is 0.369 e. The Bertz CT molecular complexity index is 1060. The highest BCUT2D eigenvalue weighted by atomic mass is 16.2. The third-order valence-electron chi connectivity index (χ3n) is 6.92. The Balaban J connectivity index is 1.21. The van der Waals surface area contributed by atoms with Crippen LogP contribution in [0.2, 0.25) is 0 Å². The molecule has 174 valence electrons. The number of carbonyl (C=O) groups is 2. The van der Waals surface area contributed by atoms with Crippen molar-refractivity contribution in [2.75, 3.05) is 54.4 Å². The number of rotatable bonds is 5. The SMILES string of the molecule is CCNC(=O)c1ccc(N2CCN(Cc3cnc4c(c3)NC(=O)C3CCCN43)CC2)c(C)c1. The van der Waals surface area contributed by atoms with Crippen molar-refractivity contribution in [1.29, 1.82) is 0 Å². The highest BCUT2D eigenvalue weighted by molar-refractivity contribution is 6.03. The molecule has 4 heterocycles. The summed E-state index contributed by atoms with van der Waals surface area (Å²) in [6.45, 7) is 10.1. The van der Waals surface area contributed by atoms with Gasteiger partial charge in [-0.3, -0.25) is 14.5 Å². The summed E-state index contributed by atoms with van der Waals surface area (Å²) in [5.74, 6) is 0.991. The number of nitrogens with zero attached hydrogens (tertiary/aromatic N) is 4. The van der Waals surface area contributed by atoms with Gasteiger partial charge < -0.3 is 20.4 Å². The molecular formula is C25H32N6O2. The third kappa shape index (κ3) is 4.27. The zero-order valence-corrected chi connectivity index (χ0v) is 19.4. The predicted octanol–water partition coefficient (Wildman–Crippen LogP) is 2.38. The number of anilines is 3. The number of pyridine rings is 1. The van der Waals surface area contributed by atoms with Gasteiger partial charge in [-0.1, -0.05) is 0 Å². The fourth-order valence-corrected chi connectivity index (χ4v) is 5.24. The second kappa shape index (κ2) is 9.02. The molecule has 8 heteroatoms. The maximum absolute atomic E-state index is 12.4. The fraction of sp³-hybridized carbons (Fsp3) is 0.480. The topological polar surface area (TPSA) is 80.8 Å². The van der Waals surface area contributed by atoms with Crippen LogP contribution < -0.4 is 20.4 Å². The van der Waals surface area contributed by atoms with Crippen LogP contribution in [-0.2, 0) is 11.3 Å². The number of hydrogen-bond acceptors (Lipinski definition) is 6. The Kier molecular flexibility index (Phi) is 5.93. The van der Waals surface area contributed by atoms with Crippen molar-refractivity contribution >= 4 is 29.0 Å². The number of aromatic nitrogens is 1. The molecule has 1 aromatic heterocycles. The number of carbonyl (C=O) groups excluding carboxylic acids is 2. The summed E-state index contributed by atoms with van der Waals surface area (Å²) in [5.41, 5.74) is 5.01. The number of aryl methyl sites for hydroxylation is 1. The lowest BCUT2D eigenvalue weighted by atomic mass is 10.1. The number of amides is 2. The first-order valence-electron chi connectivity index (χ1n) is 12.0. The first-order chi connectivity index (χ1) is 16.0. The molecule has 2 amide bonds. The molecule has 2 N–H and O–H groups in total. The van der Waals surface area contributed by atoms with E-state index in [1.807, 2.05) is 25.3 Å². The van der Waals surface area contributed by atoms with Crippen LogP contribution in [0.4, 0.5) is 17.2 Å². The summed E-state index contributed by atoms with van der Waals surface area (Å²) in [5, 5.41) is 5.92. The molecule has 2 saturated heterocycles. The standard InChI is InChI=1S/C25H32N6O2/c1-3-26-24(32)19-6-7-21(17(2)13-19)30-11-9-29(10-12-30)16-18-14-20-23(27-15-18)31-8-4-5-22(31)25(33)28-20/h6-7,13-15,22H,3-5,8-12,16H2,1-2H3,(H,26,32)(H,28,33). The van der Waals surface area contributed by atoms with E-state index in [9.17, 15) is 9.59 Å². The van der Waals surface area contributed by atoms with Gasteiger partial charge >= 0.3 is 0 Å². The van der Waals surface area contributed by atoms with Crippen LogP contribution in [-0.4, -0.2) is 67.0 Å². The molecule has 5 rings (SSSR count). The Morgan fingerprint density at radius 3 is 2.76 bits per heavy atom. The number of benzene rings is 1. The van der Waals surface area contributed by atoms with Crippen molar-refractivity contribution in [3.8, 4) is 0 Å². The highest BCUT2D eigenvalue weighted by Crippen LogP contribution is 2.35. The van der Waals surface area contributed by atoms with E-state index in [1.165, 1.54) is 5.69 Å². The minimum Gasteiger partial charge on any atom is -0.369 e. The van der Waals surface area contributed by atoms with Gasteiger partial charge in [-0.2, -0.15) is 0 Å². The monoisotopic (exact) mass is 448 g/mol. The lowest BCUT2D eigenvalue weighted by Crippen LogP contribution is -2.46. The van der Waals surface area contributed by atoms with Crippen LogP contribution in [0.25, 0.3) is 0 Å².